The Bertz CT molecular complexity index is 1630. The Morgan fingerprint density at radius 3 is 2.59 bits per heavy atom. The standard InChI is InChI=1S/C28H25BrN6O2/c1-33-24-9-6-20(29)15-23(24)26(32-33)28(37)34-13-10-19(11-14-34)18-4-7-21(8-5-18)31-27(36)22-3-2-12-35-17-30-16-25(22)35/h2-9,12,15-17,19H,10-11,13-14H2,1H3,(H,31,36). The molecule has 37 heavy (non-hydrogen) atoms. The van der Waals surface area contributed by atoms with Gasteiger partial charge in [0.2, 0.25) is 0 Å². The quantitative estimate of drug-likeness (QED) is 0.327. The SMILES string of the molecule is Cn1nc(C(=O)N2CCC(c3ccc(NC(=O)c4cccn5cncc45)cc3)CC2)c2cc(Br)ccc21. The molecule has 0 spiro atoms. The van der Waals surface area contributed by atoms with Crippen molar-refractivity contribution >= 4 is 49.9 Å². The van der Waals surface area contributed by atoms with E-state index < -0.39 is 0 Å². The molecule has 186 valence electrons. The van der Waals surface area contributed by atoms with Crippen LogP contribution in [-0.2, 0) is 7.05 Å². The highest BCUT2D eigenvalue weighted by atomic mass is 79.9. The smallest absolute Gasteiger partial charge is 0.275 e. The fourth-order valence-electron chi connectivity index (χ4n) is 5.14. The second-order valence-corrected chi connectivity index (χ2v) is 10.3. The van der Waals surface area contributed by atoms with Gasteiger partial charge >= 0.3 is 0 Å². The average Bonchev–Trinajstić information content (AvgIpc) is 3.53. The average molecular weight is 557 g/mol. The van der Waals surface area contributed by atoms with Gasteiger partial charge in [0, 0.05) is 41.9 Å². The summed E-state index contributed by atoms with van der Waals surface area (Å²) in [5, 5.41) is 8.37. The van der Waals surface area contributed by atoms with Crippen molar-refractivity contribution in [3.05, 3.63) is 94.6 Å². The highest BCUT2D eigenvalue weighted by molar-refractivity contribution is 9.10. The largest absolute Gasteiger partial charge is 0.337 e. The van der Waals surface area contributed by atoms with Crippen LogP contribution < -0.4 is 5.32 Å². The molecule has 0 atom stereocenters. The third-order valence-corrected chi connectivity index (χ3v) is 7.63. The van der Waals surface area contributed by atoms with Crippen molar-refractivity contribution in [2.75, 3.05) is 18.4 Å². The molecule has 0 bridgehead atoms. The molecule has 0 saturated carbocycles. The van der Waals surface area contributed by atoms with Gasteiger partial charge in [-0.1, -0.05) is 28.1 Å². The van der Waals surface area contributed by atoms with E-state index in [9.17, 15) is 9.59 Å². The van der Waals surface area contributed by atoms with E-state index in [2.05, 4.69) is 43.5 Å². The minimum absolute atomic E-state index is 0.0200. The van der Waals surface area contributed by atoms with Crippen LogP contribution in [-0.4, -0.2) is 49.0 Å². The Balaban J connectivity index is 1.10. The number of imidazole rings is 1. The number of hydrogen-bond acceptors (Lipinski definition) is 4. The summed E-state index contributed by atoms with van der Waals surface area (Å²) in [6, 6.07) is 17.5. The van der Waals surface area contributed by atoms with Crippen molar-refractivity contribution in [2.45, 2.75) is 18.8 Å². The highest BCUT2D eigenvalue weighted by Gasteiger charge is 2.27. The summed E-state index contributed by atoms with van der Waals surface area (Å²) < 4.78 is 4.52. The van der Waals surface area contributed by atoms with Crippen molar-refractivity contribution in [3.63, 3.8) is 0 Å². The molecule has 0 unspecified atom stereocenters. The van der Waals surface area contributed by atoms with Crippen LogP contribution in [0.3, 0.4) is 0 Å². The lowest BCUT2D eigenvalue weighted by atomic mass is 9.89. The second kappa shape index (κ2) is 9.48. The van der Waals surface area contributed by atoms with Crippen molar-refractivity contribution in [1.29, 1.82) is 0 Å². The molecule has 6 rings (SSSR count). The van der Waals surface area contributed by atoms with Crippen LogP contribution in [0, 0.1) is 0 Å². The number of aryl methyl sites for hydroxylation is 1. The van der Waals surface area contributed by atoms with Gasteiger partial charge < -0.3 is 14.6 Å². The van der Waals surface area contributed by atoms with Gasteiger partial charge in [-0.05, 0) is 66.8 Å². The van der Waals surface area contributed by atoms with Crippen LogP contribution in [0.25, 0.3) is 16.4 Å². The molecule has 0 radical (unpaired) electrons. The fourth-order valence-corrected chi connectivity index (χ4v) is 5.50. The zero-order chi connectivity index (χ0) is 25.5. The van der Waals surface area contributed by atoms with E-state index in [-0.39, 0.29) is 11.8 Å². The third-order valence-electron chi connectivity index (χ3n) is 7.13. The number of fused-ring (bicyclic) bond motifs is 2. The van der Waals surface area contributed by atoms with Gasteiger partial charge in [-0.2, -0.15) is 5.10 Å². The predicted molar refractivity (Wildman–Crippen MR) is 146 cm³/mol. The van der Waals surface area contributed by atoms with Crippen LogP contribution in [0.1, 0.15) is 45.2 Å². The number of halogens is 1. The number of rotatable bonds is 4. The number of carbonyl (C=O) groups is 2. The first-order valence-electron chi connectivity index (χ1n) is 12.2. The Kier molecular flexibility index (Phi) is 6.00. The molecule has 9 heteroatoms. The number of carbonyl (C=O) groups excluding carboxylic acids is 2. The lowest BCUT2D eigenvalue weighted by Gasteiger charge is -2.32. The lowest BCUT2D eigenvalue weighted by molar-refractivity contribution is 0.0708. The summed E-state index contributed by atoms with van der Waals surface area (Å²) in [5.41, 5.74) is 4.75. The van der Waals surface area contributed by atoms with Crippen LogP contribution in [0.2, 0.25) is 0 Å². The number of aromatic nitrogens is 4. The molecule has 2 amide bonds. The maximum absolute atomic E-state index is 13.3. The van der Waals surface area contributed by atoms with E-state index in [1.807, 2.05) is 58.9 Å². The molecule has 5 aromatic rings. The van der Waals surface area contributed by atoms with Crippen LogP contribution in [0.5, 0.6) is 0 Å². The molecule has 8 nitrogen and oxygen atoms in total. The van der Waals surface area contributed by atoms with Crippen molar-refractivity contribution < 1.29 is 9.59 Å². The first-order chi connectivity index (χ1) is 18.0. The Morgan fingerprint density at radius 1 is 1.03 bits per heavy atom. The van der Waals surface area contributed by atoms with Gasteiger partial charge in [0.1, 0.15) is 0 Å². The van der Waals surface area contributed by atoms with Crippen LogP contribution in [0.15, 0.2) is 77.8 Å². The molecule has 1 saturated heterocycles. The molecule has 1 N–H and O–H groups in total. The number of benzene rings is 2. The van der Waals surface area contributed by atoms with Gasteiger partial charge in [0.15, 0.2) is 5.69 Å². The number of amides is 2. The monoisotopic (exact) mass is 556 g/mol. The molecule has 3 aromatic heterocycles. The van der Waals surface area contributed by atoms with Crippen LogP contribution in [0.4, 0.5) is 5.69 Å². The van der Waals surface area contributed by atoms with Crippen molar-refractivity contribution in [2.24, 2.45) is 7.05 Å². The normalized spacial score (nSPS) is 14.4. The summed E-state index contributed by atoms with van der Waals surface area (Å²) in [4.78, 5) is 32.2. The Hall–Kier alpha value is -3.98. The first-order valence-corrected chi connectivity index (χ1v) is 13.0. The van der Waals surface area contributed by atoms with E-state index >= 15 is 0 Å². The van der Waals surface area contributed by atoms with Crippen molar-refractivity contribution in [3.8, 4) is 0 Å². The minimum Gasteiger partial charge on any atom is -0.337 e. The first kappa shape index (κ1) is 23.4. The van der Waals surface area contributed by atoms with E-state index in [0.29, 0.717) is 30.3 Å². The molecular weight excluding hydrogens is 532 g/mol. The number of likely N-dealkylation sites (tertiary alicyclic amines) is 1. The maximum atomic E-state index is 13.3. The number of hydrogen-bond donors (Lipinski definition) is 1. The Morgan fingerprint density at radius 2 is 1.81 bits per heavy atom. The zero-order valence-corrected chi connectivity index (χ0v) is 21.9. The minimum atomic E-state index is -0.167. The number of piperidine rings is 1. The van der Waals surface area contributed by atoms with Crippen molar-refractivity contribution in [1.82, 2.24) is 24.1 Å². The molecular formula is C28H25BrN6O2. The third kappa shape index (κ3) is 4.40. The number of anilines is 1. The molecule has 0 aliphatic carbocycles. The predicted octanol–water partition coefficient (Wildman–Crippen LogP) is 5.26. The summed E-state index contributed by atoms with van der Waals surface area (Å²) in [5.74, 6) is 0.178. The lowest BCUT2D eigenvalue weighted by Crippen LogP contribution is -2.38. The molecule has 4 heterocycles. The highest BCUT2D eigenvalue weighted by Crippen LogP contribution is 2.31. The van der Waals surface area contributed by atoms with Crippen LogP contribution >= 0.6 is 15.9 Å². The van der Waals surface area contributed by atoms with E-state index in [0.717, 1.165) is 39.4 Å². The van der Waals surface area contributed by atoms with Gasteiger partial charge in [-0.3, -0.25) is 14.3 Å². The van der Waals surface area contributed by atoms with E-state index in [4.69, 9.17) is 0 Å². The van der Waals surface area contributed by atoms with Gasteiger partial charge in [0.25, 0.3) is 11.8 Å². The summed E-state index contributed by atoms with van der Waals surface area (Å²) in [7, 11) is 1.86. The molecule has 2 aromatic carbocycles. The van der Waals surface area contributed by atoms with Gasteiger partial charge in [-0.25, -0.2) is 4.98 Å². The maximum Gasteiger partial charge on any atom is 0.275 e. The summed E-state index contributed by atoms with van der Waals surface area (Å²) in [6.07, 6.45) is 7.00. The molecule has 1 fully saturated rings. The van der Waals surface area contributed by atoms with Gasteiger partial charge in [-0.15, -0.1) is 0 Å². The summed E-state index contributed by atoms with van der Waals surface area (Å²) in [6.45, 7) is 1.37. The molecule has 1 aliphatic heterocycles. The van der Waals surface area contributed by atoms with E-state index in [1.54, 1.807) is 23.3 Å². The summed E-state index contributed by atoms with van der Waals surface area (Å²) >= 11 is 3.50. The van der Waals surface area contributed by atoms with Gasteiger partial charge in [0.05, 0.1) is 29.1 Å². The zero-order valence-electron chi connectivity index (χ0n) is 20.3. The second-order valence-electron chi connectivity index (χ2n) is 9.38. The Labute approximate surface area is 222 Å². The number of nitrogens with one attached hydrogen (secondary N) is 1. The number of nitrogens with zero attached hydrogens (tertiary/aromatic N) is 5. The number of pyridine rings is 1. The molecule has 1 aliphatic rings. The fraction of sp³-hybridized carbons (Fsp3) is 0.214. The topological polar surface area (TPSA) is 84.5 Å². The van der Waals surface area contributed by atoms with E-state index in [1.165, 1.54) is 5.56 Å².